The Balaban J connectivity index is 0.00000180. The van der Waals surface area contributed by atoms with E-state index in [0.29, 0.717) is 5.96 Å². The molecule has 104 valence electrons. The molecule has 0 amide bonds. The molecule has 0 atom stereocenters. The summed E-state index contributed by atoms with van der Waals surface area (Å²) in [6, 6.07) is 6.19. The third-order valence-corrected chi connectivity index (χ3v) is 2.99. The van der Waals surface area contributed by atoms with E-state index in [-0.39, 0.29) is 19.8 Å². The molecule has 1 aliphatic heterocycles. The lowest BCUT2D eigenvalue weighted by Crippen LogP contribution is -3.00. The van der Waals surface area contributed by atoms with Crippen molar-refractivity contribution in [2.75, 3.05) is 4.90 Å². The lowest BCUT2D eigenvalue weighted by atomic mass is 10.1. The molecule has 0 saturated heterocycles. The zero-order chi connectivity index (χ0) is 13.5. The molecule has 4 N–H and O–H groups in total. The molecule has 1 aliphatic rings. The van der Waals surface area contributed by atoms with Crippen molar-refractivity contribution in [1.82, 2.24) is 0 Å². The normalized spacial score (nSPS) is 17.4. The van der Waals surface area contributed by atoms with Crippen LogP contribution in [0.1, 0.15) is 26.4 Å². The fourth-order valence-corrected chi connectivity index (χ4v) is 2.28. The van der Waals surface area contributed by atoms with E-state index in [1.807, 2.05) is 37.8 Å². The number of nitrogens with zero attached hydrogens (tertiary/aromatic N) is 3. The maximum atomic E-state index is 6.00. The molecule has 0 unspecified atom stereocenters. The van der Waals surface area contributed by atoms with E-state index in [0.717, 1.165) is 11.3 Å². The van der Waals surface area contributed by atoms with Crippen LogP contribution in [0.15, 0.2) is 28.2 Å². The molecule has 6 heteroatoms. The first kappa shape index (κ1) is 15.3. The second-order valence-corrected chi connectivity index (χ2v) is 5.06. The van der Waals surface area contributed by atoms with Crippen LogP contribution >= 0.6 is 0 Å². The van der Waals surface area contributed by atoms with Crippen molar-refractivity contribution in [3.63, 3.8) is 0 Å². The van der Waals surface area contributed by atoms with Crippen LogP contribution in [0.4, 0.5) is 5.69 Å². The lowest BCUT2D eigenvalue weighted by molar-refractivity contribution is -0.00000481. The lowest BCUT2D eigenvalue weighted by Gasteiger charge is -2.39. The van der Waals surface area contributed by atoms with Crippen LogP contribution < -0.4 is 28.8 Å². The molecule has 0 aliphatic carbocycles. The van der Waals surface area contributed by atoms with Crippen molar-refractivity contribution in [2.24, 2.45) is 21.5 Å². The first-order chi connectivity index (χ1) is 8.31. The molecule has 0 bridgehead atoms. The largest absolute Gasteiger partial charge is 1.00 e. The van der Waals surface area contributed by atoms with Crippen molar-refractivity contribution >= 4 is 17.6 Å². The van der Waals surface area contributed by atoms with E-state index >= 15 is 0 Å². The Bertz CT molecular complexity index is 554. The van der Waals surface area contributed by atoms with Gasteiger partial charge in [-0.15, -0.1) is 0 Å². The third-order valence-electron chi connectivity index (χ3n) is 2.99. The number of halogens is 1. The predicted molar refractivity (Wildman–Crippen MR) is 76.8 cm³/mol. The number of aryl methyl sites for hydroxylation is 2. The Morgan fingerprint density at radius 2 is 1.84 bits per heavy atom. The van der Waals surface area contributed by atoms with Gasteiger partial charge in [-0.1, -0.05) is 17.7 Å². The SMILES string of the molecule is Cc1ccc(N2C(N)=NC(N)=NC2(C)C)c(C)c1.[Cl-].[H+]. The average molecular weight is 282 g/mol. The van der Waals surface area contributed by atoms with E-state index in [1.54, 1.807) is 0 Å². The third kappa shape index (κ3) is 2.81. The summed E-state index contributed by atoms with van der Waals surface area (Å²) in [4.78, 5) is 10.3. The Morgan fingerprint density at radius 1 is 1.21 bits per heavy atom. The zero-order valence-corrected chi connectivity index (χ0v) is 12.4. The molecule has 1 aromatic rings. The summed E-state index contributed by atoms with van der Waals surface area (Å²) in [6.45, 7) is 8.03. The van der Waals surface area contributed by atoms with Gasteiger partial charge in [0, 0.05) is 5.69 Å². The summed E-state index contributed by atoms with van der Waals surface area (Å²) in [6.07, 6.45) is 0. The summed E-state index contributed by atoms with van der Waals surface area (Å²) >= 11 is 0. The number of guanidine groups is 2. The van der Waals surface area contributed by atoms with Crippen molar-refractivity contribution in [3.05, 3.63) is 29.3 Å². The van der Waals surface area contributed by atoms with Crippen LogP contribution in [0, 0.1) is 13.8 Å². The van der Waals surface area contributed by atoms with Crippen LogP contribution in [-0.4, -0.2) is 17.6 Å². The molecule has 5 nitrogen and oxygen atoms in total. The minimum Gasteiger partial charge on any atom is -1.00 e. The van der Waals surface area contributed by atoms with E-state index in [2.05, 4.69) is 23.0 Å². The van der Waals surface area contributed by atoms with Crippen LogP contribution in [0.25, 0.3) is 0 Å². The average Bonchev–Trinajstić information content (AvgIpc) is 2.18. The summed E-state index contributed by atoms with van der Waals surface area (Å²) in [5, 5.41) is 0. The van der Waals surface area contributed by atoms with Gasteiger partial charge in [0.2, 0.25) is 11.9 Å². The van der Waals surface area contributed by atoms with Crippen LogP contribution in [0.3, 0.4) is 0 Å². The summed E-state index contributed by atoms with van der Waals surface area (Å²) < 4.78 is 0. The van der Waals surface area contributed by atoms with Crippen molar-refractivity contribution < 1.29 is 13.8 Å². The number of anilines is 1. The van der Waals surface area contributed by atoms with Gasteiger partial charge in [-0.25, -0.2) is 4.99 Å². The molecule has 1 heterocycles. The van der Waals surface area contributed by atoms with Gasteiger partial charge >= 0.3 is 1.43 Å². The highest BCUT2D eigenvalue weighted by atomic mass is 35.5. The van der Waals surface area contributed by atoms with Crippen LogP contribution in [0.2, 0.25) is 0 Å². The Labute approximate surface area is 121 Å². The Morgan fingerprint density at radius 3 is 2.37 bits per heavy atom. The molecule has 0 saturated carbocycles. The summed E-state index contributed by atoms with van der Waals surface area (Å²) in [7, 11) is 0. The first-order valence-corrected chi connectivity index (χ1v) is 5.88. The van der Waals surface area contributed by atoms with Gasteiger partial charge in [0.05, 0.1) is 0 Å². The molecule has 1 aromatic carbocycles. The van der Waals surface area contributed by atoms with Crippen LogP contribution in [-0.2, 0) is 0 Å². The van der Waals surface area contributed by atoms with Gasteiger partial charge in [0.25, 0.3) is 0 Å². The molecular formula is C13H20ClN5. The highest BCUT2D eigenvalue weighted by Crippen LogP contribution is 2.30. The monoisotopic (exact) mass is 281 g/mol. The number of rotatable bonds is 1. The van der Waals surface area contributed by atoms with Crippen molar-refractivity contribution in [3.8, 4) is 0 Å². The minimum atomic E-state index is -0.532. The molecule has 0 radical (unpaired) electrons. The molecule has 19 heavy (non-hydrogen) atoms. The Kier molecular flexibility index (Phi) is 4.10. The summed E-state index contributed by atoms with van der Waals surface area (Å²) in [5.74, 6) is 0.595. The number of hydrogen-bond donors (Lipinski definition) is 2. The minimum absolute atomic E-state index is 0. The Hall–Kier alpha value is -1.75. The van der Waals surface area contributed by atoms with E-state index in [4.69, 9.17) is 11.5 Å². The maximum absolute atomic E-state index is 6.00. The maximum Gasteiger partial charge on any atom is 1.00 e. The second kappa shape index (κ2) is 5.09. The molecule has 0 aromatic heterocycles. The standard InChI is InChI=1S/C13H19N5.ClH/c1-8-5-6-10(9(2)7-8)18-12(15)16-11(14)17-13(18,3)4;/h5-7H,1-4H3,(H4,14,15,16,17);1H. The number of benzene rings is 1. The zero-order valence-electron chi connectivity index (χ0n) is 12.6. The highest BCUT2D eigenvalue weighted by molar-refractivity contribution is 6.05. The van der Waals surface area contributed by atoms with Gasteiger partial charge in [0.1, 0.15) is 5.66 Å². The van der Waals surface area contributed by atoms with Gasteiger partial charge in [-0.05, 0) is 39.3 Å². The van der Waals surface area contributed by atoms with Crippen molar-refractivity contribution in [1.29, 1.82) is 0 Å². The molecular weight excluding hydrogens is 262 g/mol. The van der Waals surface area contributed by atoms with Crippen molar-refractivity contribution in [2.45, 2.75) is 33.4 Å². The van der Waals surface area contributed by atoms with E-state index in [1.165, 1.54) is 5.56 Å². The predicted octanol–water partition coefficient (Wildman–Crippen LogP) is -1.39. The first-order valence-electron chi connectivity index (χ1n) is 5.88. The number of aliphatic imine (C=N–C) groups is 2. The topological polar surface area (TPSA) is 80.0 Å². The molecule has 2 rings (SSSR count). The van der Waals surface area contributed by atoms with Gasteiger partial charge in [-0.2, -0.15) is 4.99 Å². The second-order valence-electron chi connectivity index (χ2n) is 5.06. The fraction of sp³-hybridized carbons (Fsp3) is 0.385. The number of nitrogens with two attached hydrogens (primary N) is 2. The summed E-state index contributed by atoms with van der Waals surface area (Å²) in [5.41, 5.74) is 14.5. The van der Waals surface area contributed by atoms with Crippen LogP contribution in [0.5, 0.6) is 0 Å². The fourth-order valence-electron chi connectivity index (χ4n) is 2.28. The van der Waals surface area contributed by atoms with E-state index < -0.39 is 5.66 Å². The highest BCUT2D eigenvalue weighted by Gasteiger charge is 2.33. The molecule has 0 spiro atoms. The van der Waals surface area contributed by atoms with Gasteiger partial charge < -0.3 is 23.9 Å². The smallest absolute Gasteiger partial charge is 1.00 e. The quantitative estimate of drug-likeness (QED) is 0.665. The van der Waals surface area contributed by atoms with E-state index in [9.17, 15) is 0 Å². The van der Waals surface area contributed by atoms with Gasteiger partial charge in [-0.3, -0.25) is 4.90 Å². The molecule has 0 fully saturated rings. The van der Waals surface area contributed by atoms with Gasteiger partial charge in [0.15, 0.2) is 0 Å². The number of hydrogen-bond acceptors (Lipinski definition) is 5.